The number of benzene rings is 2. The zero-order valence-corrected chi connectivity index (χ0v) is 14.8. The second-order valence-corrected chi connectivity index (χ2v) is 7.08. The quantitative estimate of drug-likeness (QED) is 0.809. The number of piperazine rings is 1. The highest BCUT2D eigenvalue weighted by Crippen LogP contribution is 2.37. The van der Waals surface area contributed by atoms with Gasteiger partial charge in [-0.3, -0.25) is 4.90 Å². The number of hydrogen-bond donors (Lipinski definition) is 0. The lowest BCUT2D eigenvalue weighted by Gasteiger charge is -2.42. The predicted molar refractivity (Wildman–Crippen MR) is 99.3 cm³/mol. The zero-order chi connectivity index (χ0) is 16.5. The minimum absolute atomic E-state index is 0.477. The molecule has 4 heteroatoms. The van der Waals surface area contributed by atoms with E-state index in [-0.39, 0.29) is 0 Å². The van der Waals surface area contributed by atoms with Crippen LogP contribution in [0.1, 0.15) is 23.6 Å². The van der Waals surface area contributed by atoms with Crippen LogP contribution in [0.2, 0.25) is 5.02 Å². The first-order chi connectivity index (χ1) is 11.7. The maximum absolute atomic E-state index is 6.44. The van der Waals surface area contributed by atoms with Gasteiger partial charge in [0.1, 0.15) is 5.75 Å². The highest BCUT2D eigenvalue weighted by molar-refractivity contribution is 6.33. The smallest absolute Gasteiger partial charge is 0.124 e. The van der Waals surface area contributed by atoms with Gasteiger partial charge in [0.25, 0.3) is 0 Å². The third kappa shape index (κ3) is 2.99. The summed E-state index contributed by atoms with van der Waals surface area (Å²) in [7, 11) is 0. The molecule has 0 amide bonds. The van der Waals surface area contributed by atoms with Crippen LogP contribution in [0.15, 0.2) is 42.5 Å². The number of fused-ring (bicyclic) bond motifs is 1. The summed E-state index contributed by atoms with van der Waals surface area (Å²) in [5.74, 6) is 1.05. The molecule has 2 aromatic rings. The Morgan fingerprint density at radius 2 is 1.83 bits per heavy atom. The van der Waals surface area contributed by atoms with Gasteiger partial charge >= 0.3 is 0 Å². The summed E-state index contributed by atoms with van der Waals surface area (Å²) < 4.78 is 5.81. The molecule has 24 heavy (non-hydrogen) atoms. The maximum atomic E-state index is 6.44. The van der Waals surface area contributed by atoms with Gasteiger partial charge in [0.05, 0.1) is 17.3 Å². The Labute approximate surface area is 148 Å². The Kier molecular flexibility index (Phi) is 4.38. The molecule has 2 aromatic carbocycles. The van der Waals surface area contributed by atoms with Crippen molar-refractivity contribution >= 4 is 17.3 Å². The number of aryl methyl sites for hydroxylation is 1. The number of hydrogen-bond acceptors (Lipinski definition) is 3. The van der Waals surface area contributed by atoms with Gasteiger partial charge in [0, 0.05) is 44.2 Å². The SMILES string of the molecule is Cc1ccc(N2CCN(C3CCOc4ccccc43)CC2)c(Cl)c1. The number of para-hydroxylation sites is 1. The number of rotatable bonds is 2. The first-order valence-corrected chi connectivity index (χ1v) is 9.07. The van der Waals surface area contributed by atoms with E-state index in [0.29, 0.717) is 6.04 Å². The third-order valence-corrected chi connectivity index (χ3v) is 5.43. The molecule has 0 saturated carbocycles. The standard InChI is InChI=1S/C20H23ClN2O/c1-15-6-7-19(17(21)14-15)23-11-9-22(10-12-23)18-8-13-24-20-5-3-2-4-16(18)20/h2-7,14,18H,8-13H2,1H3. The molecule has 0 aromatic heterocycles. The van der Waals surface area contributed by atoms with Gasteiger partial charge in [0.2, 0.25) is 0 Å². The van der Waals surface area contributed by atoms with Gasteiger partial charge in [0.15, 0.2) is 0 Å². The van der Waals surface area contributed by atoms with Gasteiger partial charge in [-0.2, -0.15) is 0 Å². The first kappa shape index (κ1) is 15.8. The Morgan fingerprint density at radius 3 is 2.62 bits per heavy atom. The topological polar surface area (TPSA) is 15.7 Å². The van der Waals surface area contributed by atoms with Crippen molar-refractivity contribution in [2.24, 2.45) is 0 Å². The second-order valence-electron chi connectivity index (χ2n) is 6.67. The zero-order valence-electron chi connectivity index (χ0n) is 14.0. The molecule has 0 N–H and O–H groups in total. The summed E-state index contributed by atoms with van der Waals surface area (Å²) in [6.07, 6.45) is 1.07. The number of anilines is 1. The average molecular weight is 343 g/mol. The lowest BCUT2D eigenvalue weighted by atomic mass is 9.98. The number of halogens is 1. The summed E-state index contributed by atoms with van der Waals surface area (Å²) in [6, 6.07) is 15.3. The van der Waals surface area contributed by atoms with E-state index in [0.717, 1.165) is 55.7 Å². The monoisotopic (exact) mass is 342 g/mol. The van der Waals surface area contributed by atoms with E-state index in [1.54, 1.807) is 0 Å². The van der Waals surface area contributed by atoms with Crippen LogP contribution in [0.3, 0.4) is 0 Å². The molecule has 1 saturated heterocycles. The van der Waals surface area contributed by atoms with E-state index < -0.39 is 0 Å². The van der Waals surface area contributed by atoms with Crippen LogP contribution in [0.5, 0.6) is 5.75 Å². The van der Waals surface area contributed by atoms with Crippen LogP contribution >= 0.6 is 11.6 Å². The van der Waals surface area contributed by atoms with Gasteiger partial charge < -0.3 is 9.64 Å². The molecule has 1 fully saturated rings. The summed E-state index contributed by atoms with van der Waals surface area (Å²) >= 11 is 6.44. The van der Waals surface area contributed by atoms with E-state index in [4.69, 9.17) is 16.3 Å². The Bertz CT molecular complexity index is 725. The number of nitrogens with zero attached hydrogens (tertiary/aromatic N) is 2. The van der Waals surface area contributed by atoms with E-state index in [1.165, 1.54) is 11.1 Å². The fourth-order valence-corrected chi connectivity index (χ4v) is 4.20. The molecule has 126 valence electrons. The molecule has 2 heterocycles. The van der Waals surface area contributed by atoms with Crippen molar-refractivity contribution in [2.75, 3.05) is 37.7 Å². The first-order valence-electron chi connectivity index (χ1n) is 8.69. The molecule has 4 rings (SSSR count). The maximum Gasteiger partial charge on any atom is 0.124 e. The van der Waals surface area contributed by atoms with Crippen molar-refractivity contribution in [2.45, 2.75) is 19.4 Å². The molecule has 3 nitrogen and oxygen atoms in total. The van der Waals surface area contributed by atoms with Crippen LogP contribution in [0.25, 0.3) is 0 Å². The van der Waals surface area contributed by atoms with Crippen molar-refractivity contribution < 1.29 is 4.74 Å². The van der Waals surface area contributed by atoms with E-state index in [2.05, 4.69) is 59.2 Å². The molecule has 0 spiro atoms. The minimum Gasteiger partial charge on any atom is -0.493 e. The van der Waals surface area contributed by atoms with Crippen molar-refractivity contribution in [3.05, 3.63) is 58.6 Å². The van der Waals surface area contributed by atoms with Crippen LogP contribution in [0.4, 0.5) is 5.69 Å². The molecule has 0 aliphatic carbocycles. The average Bonchev–Trinajstić information content (AvgIpc) is 2.62. The summed E-state index contributed by atoms with van der Waals surface area (Å²) in [6.45, 7) is 7.04. The molecule has 0 bridgehead atoms. The Hall–Kier alpha value is -1.71. The predicted octanol–water partition coefficient (Wildman–Crippen LogP) is 4.29. The molecular formula is C20H23ClN2O. The Morgan fingerprint density at radius 1 is 1.04 bits per heavy atom. The van der Waals surface area contributed by atoms with E-state index in [9.17, 15) is 0 Å². The molecule has 2 aliphatic heterocycles. The van der Waals surface area contributed by atoms with Crippen molar-refractivity contribution in [3.63, 3.8) is 0 Å². The molecule has 0 radical (unpaired) electrons. The van der Waals surface area contributed by atoms with Crippen LogP contribution in [-0.4, -0.2) is 37.7 Å². The van der Waals surface area contributed by atoms with Crippen LogP contribution in [0, 0.1) is 6.92 Å². The molecule has 1 unspecified atom stereocenters. The fourth-order valence-electron chi connectivity index (χ4n) is 3.85. The fraction of sp³-hybridized carbons (Fsp3) is 0.400. The van der Waals surface area contributed by atoms with Gasteiger partial charge in [-0.25, -0.2) is 0 Å². The van der Waals surface area contributed by atoms with E-state index >= 15 is 0 Å². The van der Waals surface area contributed by atoms with Gasteiger partial charge in [-0.15, -0.1) is 0 Å². The normalized spacial score (nSPS) is 21.2. The highest BCUT2D eigenvalue weighted by atomic mass is 35.5. The largest absolute Gasteiger partial charge is 0.493 e. The second kappa shape index (κ2) is 6.66. The van der Waals surface area contributed by atoms with Crippen molar-refractivity contribution in [3.8, 4) is 5.75 Å². The van der Waals surface area contributed by atoms with E-state index in [1.807, 2.05) is 0 Å². The molecular weight excluding hydrogens is 320 g/mol. The molecule has 2 aliphatic rings. The lowest BCUT2D eigenvalue weighted by molar-refractivity contribution is 0.133. The van der Waals surface area contributed by atoms with Crippen molar-refractivity contribution in [1.29, 1.82) is 0 Å². The summed E-state index contributed by atoms with van der Waals surface area (Å²) in [4.78, 5) is 5.00. The van der Waals surface area contributed by atoms with Crippen LogP contribution < -0.4 is 9.64 Å². The van der Waals surface area contributed by atoms with Crippen molar-refractivity contribution in [1.82, 2.24) is 4.90 Å². The molecule has 1 atom stereocenters. The van der Waals surface area contributed by atoms with Crippen LogP contribution in [-0.2, 0) is 0 Å². The highest BCUT2D eigenvalue weighted by Gasteiger charge is 2.29. The Balaban J connectivity index is 1.47. The van der Waals surface area contributed by atoms with Gasteiger partial charge in [-0.05, 0) is 30.7 Å². The third-order valence-electron chi connectivity index (χ3n) is 5.13. The summed E-state index contributed by atoms with van der Waals surface area (Å²) in [5, 5.41) is 0.861. The minimum atomic E-state index is 0.477. The summed E-state index contributed by atoms with van der Waals surface area (Å²) in [5.41, 5.74) is 3.71. The lowest BCUT2D eigenvalue weighted by Crippen LogP contribution is -2.48. The number of ether oxygens (including phenoxy) is 1. The van der Waals surface area contributed by atoms with Gasteiger partial charge in [-0.1, -0.05) is 35.9 Å².